The molecule has 2 heterocycles. The van der Waals surface area contributed by atoms with Gasteiger partial charge in [-0.05, 0) is 44.2 Å². The van der Waals surface area contributed by atoms with Crippen LogP contribution in [-0.2, 0) is 18.3 Å². The topological polar surface area (TPSA) is 91.2 Å². The van der Waals surface area contributed by atoms with Gasteiger partial charge in [0.25, 0.3) is 5.92 Å². The first-order valence-corrected chi connectivity index (χ1v) is 11.0. The molecule has 1 amide bonds. The average molecular weight is 450 g/mol. The molecule has 174 valence electrons. The van der Waals surface area contributed by atoms with E-state index in [1.165, 1.54) is 17.5 Å². The number of nitrogens with zero attached hydrogens (tertiary/aromatic N) is 4. The van der Waals surface area contributed by atoms with Crippen molar-refractivity contribution in [2.45, 2.75) is 64.5 Å². The monoisotopic (exact) mass is 449 g/mol. The molecule has 2 aliphatic rings. The molecule has 3 atom stereocenters. The van der Waals surface area contributed by atoms with E-state index in [-0.39, 0.29) is 25.7 Å². The summed E-state index contributed by atoms with van der Waals surface area (Å²) in [5, 5.41) is 10.8. The zero-order valence-corrected chi connectivity index (χ0v) is 18.6. The number of hydrogen-bond donors (Lipinski definition) is 1. The molecule has 0 aromatic carbocycles. The van der Waals surface area contributed by atoms with Crippen LogP contribution in [0, 0.1) is 18.8 Å². The normalized spacial score (nSPS) is 24.1. The first-order valence-electron chi connectivity index (χ1n) is 11.0. The zero-order chi connectivity index (χ0) is 22.9. The van der Waals surface area contributed by atoms with Crippen molar-refractivity contribution in [2.24, 2.45) is 18.9 Å². The maximum atomic E-state index is 12.9. The predicted octanol–water partition coefficient (Wildman–Crippen LogP) is 4.02. The highest BCUT2D eigenvalue weighted by Crippen LogP contribution is 2.48. The number of ether oxygens (including phenoxy) is 2. The van der Waals surface area contributed by atoms with Crippen LogP contribution in [0.25, 0.3) is 11.4 Å². The summed E-state index contributed by atoms with van der Waals surface area (Å²) in [5.74, 6) is -2.17. The SMILES string of the molecule is Cc1nc(-c2nnn(C)c2CNC(=O)OC[C@@H]2CC2(F)F)ccc1O[C@H]1CCC[C@H](C)C1. The molecular formula is C22H29F2N5O3. The summed E-state index contributed by atoms with van der Waals surface area (Å²) in [7, 11) is 1.71. The lowest BCUT2D eigenvalue weighted by Gasteiger charge is -2.27. The Morgan fingerprint density at radius 1 is 1.34 bits per heavy atom. The Hall–Kier alpha value is -2.78. The summed E-state index contributed by atoms with van der Waals surface area (Å²) in [4.78, 5) is 16.5. The fourth-order valence-electron chi connectivity index (χ4n) is 4.08. The third kappa shape index (κ3) is 5.16. The first-order chi connectivity index (χ1) is 15.2. The number of aromatic nitrogens is 4. The molecule has 8 nitrogen and oxygen atoms in total. The minimum Gasteiger partial charge on any atom is -0.489 e. The van der Waals surface area contributed by atoms with Crippen molar-refractivity contribution in [3.63, 3.8) is 0 Å². The molecule has 0 radical (unpaired) electrons. The third-order valence-corrected chi connectivity index (χ3v) is 6.18. The van der Waals surface area contributed by atoms with Gasteiger partial charge in [-0.2, -0.15) is 0 Å². The molecule has 32 heavy (non-hydrogen) atoms. The van der Waals surface area contributed by atoms with Gasteiger partial charge in [-0.3, -0.25) is 0 Å². The van der Waals surface area contributed by atoms with E-state index in [0.717, 1.165) is 24.3 Å². The number of alkyl carbamates (subject to hydrolysis) is 1. The highest BCUT2D eigenvalue weighted by atomic mass is 19.3. The zero-order valence-electron chi connectivity index (χ0n) is 18.6. The van der Waals surface area contributed by atoms with Gasteiger partial charge >= 0.3 is 6.09 Å². The Kier molecular flexibility index (Phi) is 6.30. The minimum absolute atomic E-state index is 0.0810. The van der Waals surface area contributed by atoms with Gasteiger partial charge in [0.2, 0.25) is 0 Å². The molecular weight excluding hydrogens is 420 g/mol. The van der Waals surface area contributed by atoms with Gasteiger partial charge in [0.1, 0.15) is 18.1 Å². The van der Waals surface area contributed by atoms with E-state index >= 15 is 0 Å². The number of alkyl halides is 2. The van der Waals surface area contributed by atoms with E-state index in [1.807, 2.05) is 19.1 Å². The van der Waals surface area contributed by atoms with E-state index in [1.54, 1.807) is 7.05 Å². The van der Waals surface area contributed by atoms with Crippen LogP contribution in [0.4, 0.5) is 13.6 Å². The summed E-state index contributed by atoms with van der Waals surface area (Å²) in [5.41, 5.74) is 2.53. The van der Waals surface area contributed by atoms with Crippen LogP contribution < -0.4 is 10.1 Å². The van der Waals surface area contributed by atoms with Gasteiger partial charge in [0.15, 0.2) is 0 Å². The van der Waals surface area contributed by atoms with Gasteiger partial charge in [0.05, 0.1) is 35.6 Å². The highest BCUT2D eigenvalue weighted by molar-refractivity contribution is 5.68. The maximum Gasteiger partial charge on any atom is 0.407 e. The predicted molar refractivity (Wildman–Crippen MR) is 112 cm³/mol. The lowest BCUT2D eigenvalue weighted by atomic mass is 9.89. The van der Waals surface area contributed by atoms with Gasteiger partial charge < -0.3 is 14.8 Å². The van der Waals surface area contributed by atoms with Crippen LogP contribution in [0.2, 0.25) is 0 Å². The number of amides is 1. The number of nitrogens with one attached hydrogen (secondary N) is 1. The molecule has 0 saturated heterocycles. The van der Waals surface area contributed by atoms with Crippen LogP contribution in [0.1, 0.15) is 50.4 Å². The van der Waals surface area contributed by atoms with Crippen LogP contribution in [-0.4, -0.2) is 44.7 Å². The van der Waals surface area contributed by atoms with Crippen molar-refractivity contribution in [1.29, 1.82) is 0 Å². The van der Waals surface area contributed by atoms with E-state index in [0.29, 0.717) is 23.0 Å². The minimum atomic E-state index is -2.71. The number of rotatable bonds is 7. The van der Waals surface area contributed by atoms with Gasteiger partial charge in [-0.25, -0.2) is 23.2 Å². The Morgan fingerprint density at radius 3 is 2.81 bits per heavy atom. The largest absolute Gasteiger partial charge is 0.489 e. The first kappa shape index (κ1) is 22.4. The van der Waals surface area contributed by atoms with Crippen molar-refractivity contribution in [3.05, 3.63) is 23.5 Å². The molecule has 0 spiro atoms. The van der Waals surface area contributed by atoms with Crippen LogP contribution in [0.15, 0.2) is 12.1 Å². The third-order valence-electron chi connectivity index (χ3n) is 6.18. The molecule has 2 saturated carbocycles. The molecule has 2 fully saturated rings. The standard InChI is InChI=1S/C22H29F2N5O3/c1-13-5-4-6-16(9-13)32-19-8-7-17(26-14(19)2)20-18(29(3)28-27-20)11-25-21(30)31-12-15-10-22(15,23)24/h7-8,13,15-16H,4-6,9-12H2,1-3H3,(H,25,30)/t13-,15-,16-/m0/s1. The highest BCUT2D eigenvalue weighted by Gasteiger charge is 2.57. The number of carbonyl (C=O) groups excluding carboxylic acids is 1. The number of carbonyl (C=O) groups is 1. The van der Waals surface area contributed by atoms with E-state index in [4.69, 9.17) is 9.47 Å². The second-order valence-electron chi connectivity index (χ2n) is 8.91. The lowest BCUT2D eigenvalue weighted by molar-refractivity contribution is 0.0724. The van der Waals surface area contributed by atoms with Gasteiger partial charge in [-0.1, -0.05) is 18.6 Å². The summed E-state index contributed by atoms with van der Waals surface area (Å²) in [6.45, 7) is 3.93. The fraction of sp³-hybridized carbons (Fsp3) is 0.636. The van der Waals surface area contributed by atoms with Gasteiger partial charge in [-0.15, -0.1) is 5.10 Å². The van der Waals surface area contributed by atoms with Crippen LogP contribution >= 0.6 is 0 Å². The number of aryl methyl sites for hydroxylation is 2. The van der Waals surface area contributed by atoms with Crippen molar-refractivity contribution >= 4 is 6.09 Å². The van der Waals surface area contributed by atoms with Crippen molar-refractivity contribution in [2.75, 3.05) is 6.61 Å². The molecule has 10 heteroatoms. The Bertz CT molecular complexity index is 980. The number of halogens is 2. The fourth-order valence-corrected chi connectivity index (χ4v) is 4.08. The molecule has 0 bridgehead atoms. The second kappa shape index (κ2) is 8.99. The molecule has 2 aliphatic carbocycles. The quantitative estimate of drug-likeness (QED) is 0.687. The van der Waals surface area contributed by atoms with Crippen molar-refractivity contribution in [1.82, 2.24) is 25.3 Å². The summed E-state index contributed by atoms with van der Waals surface area (Å²) < 4.78 is 38.4. The van der Waals surface area contributed by atoms with Gasteiger partial charge in [0, 0.05) is 13.5 Å². The van der Waals surface area contributed by atoms with Crippen molar-refractivity contribution in [3.8, 4) is 17.1 Å². The maximum absolute atomic E-state index is 12.9. The summed E-state index contributed by atoms with van der Waals surface area (Å²) in [6.07, 6.45) is 3.76. The molecule has 0 unspecified atom stereocenters. The smallest absolute Gasteiger partial charge is 0.407 e. The van der Waals surface area contributed by atoms with E-state index in [2.05, 4.69) is 27.5 Å². The van der Waals surface area contributed by atoms with Crippen LogP contribution in [0.5, 0.6) is 5.75 Å². The summed E-state index contributed by atoms with van der Waals surface area (Å²) >= 11 is 0. The van der Waals surface area contributed by atoms with E-state index < -0.39 is 17.9 Å². The molecule has 2 aromatic heterocycles. The Balaban J connectivity index is 1.38. The molecule has 2 aromatic rings. The number of pyridine rings is 1. The molecule has 4 rings (SSSR count). The lowest BCUT2D eigenvalue weighted by Crippen LogP contribution is -2.26. The Labute approximate surface area is 185 Å². The van der Waals surface area contributed by atoms with E-state index in [9.17, 15) is 13.6 Å². The van der Waals surface area contributed by atoms with Crippen molar-refractivity contribution < 1.29 is 23.0 Å². The Morgan fingerprint density at radius 2 is 2.12 bits per heavy atom. The molecule has 0 aliphatic heterocycles. The average Bonchev–Trinajstić information content (AvgIpc) is 3.19. The second-order valence-corrected chi connectivity index (χ2v) is 8.91. The summed E-state index contributed by atoms with van der Waals surface area (Å²) in [6, 6.07) is 3.72. The molecule has 1 N–H and O–H groups in total. The van der Waals surface area contributed by atoms with Crippen LogP contribution in [0.3, 0.4) is 0 Å². The number of hydrogen-bond acceptors (Lipinski definition) is 6.